The molecule has 1 aromatic rings. The first-order valence-electron chi connectivity index (χ1n) is 7.48. The number of rotatable bonds is 4. The molecule has 0 spiro atoms. The fourth-order valence-electron chi connectivity index (χ4n) is 2.68. The fourth-order valence-corrected chi connectivity index (χ4v) is 3.49. The van der Waals surface area contributed by atoms with Gasteiger partial charge in [-0.2, -0.15) is 0 Å². The maximum Gasteiger partial charge on any atom is 0.308 e. The highest BCUT2D eigenvalue weighted by atomic mass is 32.1. The van der Waals surface area contributed by atoms with Gasteiger partial charge in [0.15, 0.2) is 0 Å². The summed E-state index contributed by atoms with van der Waals surface area (Å²) in [7, 11) is 0. The van der Waals surface area contributed by atoms with E-state index in [0.717, 1.165) is 30.7 Å². The van der Waals surface area contributed by atoms with Crippen LogP contribution in [0.15, 0.2) is 5.38 Å². The molecule has 1 saturated carbocycles. The molecule has 0 unspecified atom stereocenters. The minimum absolute atomic E-state index is 0.253. The van der Waals surface area contributed by atoms with Gasteiger partial charge in [-0.25, -0.2) is 4.98 Å². The van der Waals surface area contributed by atoms with E-state index in [-0.39, 0.29) is 11.9 Å². The van der Waals surface area contributed by atoms with Gasteiger partial charge in [-0.1, -0.05) is 33.1 Å². The van der Waals surface area contributed by atoms with Crippen LogP contribution in [0, 0.1) is 5.92 Å². The van der Waals surface area contributed by atoms with E-state index in [4.69, 9.17) is 0 Å². The second kappa shape index (κ2) is 7.02. The molecule has 6 heteroatoms. The number of carboxylic acids is 1. The fraction of sp³-hybridized carbons (Fsp3) is 0.667. The minimum Gasteiger partial charge on any atom is -0.481 e. The highest BCUT2D eigenvalue weighted by Gasteiger charge is 2.31. The average Bonchev–Trinajstić information content (AvgIpc) is 2.81. The predicted molar refractivity (Wildman–Crippen MR) is 81.7 cm³/mol. The summed E-state index contributed by atoms with van der Waals surface area (Å²) in [6.07, 6.45) is 4.27. The average molecular weight is 310 g/mol. The van der Waals surface area contributed by atoms with Crippen LogP contribution in [-0.2, 0) is 4.79 Å². The molecule has 116 valence electrons. The molecule has 1 aliphatic rings. The van der Waals surface area contributed by atoms with E-state index in [1.54, 1.807) is 5.38 Å². The molecular weight excluding hydrogens is 288 g/mol. The summed E-state index contributed by atoms with van der Waals surface area (Å²) in [5, 5.41) is 14.9. The Labute approximate surface area is 128 Å². The quantitative estimate of drug-likeness (QED) is 0.838. The zero-order valence-electron chi connectivity index (χ0n) is 12.5. The molecule has 0 aromatic carbocycles. The van der Waals surface area contributed by atoms with E-state index in [1.807, 2.05) is 13.8 Å². The number of amides is 1. The van der Waals surface area contributed by atoms with E-state index in [1.165, 1.54) is 11.3 Å². The maximum absolute atomic E-state index is 12.3. The van der Waals surface area contributed by atoms with Gasteiger partial charge in [0.05, 0.1) is 10.9 Å². The maximum atomic E-state index is 12.3. The summed E-state index contributed by atoms with van der Waals surface area (Å²) in [4.78, 5) is 28.0. The first-order chi connectivity index (χ1) is 9.99. The number of carbonyl (C=O) groups is 2. The zero-order valence-corrected chi connectivity index (χ0v) is 13.3. The van der Waals surface area contributed by atoms with Crippen LogP contribution in [0.2, 0.25) is 0 Å². The summed E-state index contributed by atoms with van der Waals surface area (Å²) in [5.41, 5.74) is 0.400. The van der Waals surface area contributed by atoms with Gasteiger partial charge in [-0.3, -0.25) is 9.59 Å². The second-order valence-corrected chi connectivity index (χ2v) is 6.78. The van der Waals surface area contributed by atoms with Gasteiger partial charge in [0, 0.05) is 17.3 Å². The number of hydrogen-bond acceptors (Lipinski definition) is 4. The molecular formula is C15H22N2O3S. The van der Waals surface area contributed by atoms with Crippen LogP contribution in [0.5, 0.6) is 0 Å². The molecule has 0 saturated heterocycles. The van der Waals surface area contributed by atoms with Crippen molar-refractivity contribution >= 4 is 23.2 Å². The molecule has 5 nitrogen and oxygen atoms in total. The standard InChI is InChI=1S/C15H22N2O3S/c1-9(2)14-17-12(8-21-14)13(18)16-11-7-5-3-4-6-10(11)15(19)20/h8-11H,3-7H2,1-2H3,(H,16,18)(H,19,20)/t10-,11+/m1/s1. The molecule has 1 aliphatic carbocycles. The molecule has 2 N–H and O–H groups in total. The van der Waals surface area contributed by atoms with Gasteiger partial charge in [-0.05, 0) is 12.8 Å². The van der Waals surface area contributed by atoms with Gasteiger partial charge >= 0.3 is 5.97 Å². The van der Waals surface area contributed by atoms with E-state index in [0.29, 0.717) is 18.0 Å². The van der Waals surface area contributed by atoms with Crippen molar-refractivity contribution in [3.05, 3.63) is 16.1 Å². The summed E-state index contributed by atoms with van der Waals surface area (Å²) in [5.74, 6) is -1.26. The summed E-state index contributed by atoms with van der Waals surface area (Å²) in [6, 6.07) is -0.290. The summed E-state index contributed by atoms with van der Waals surface area (Å²) in [6.45, 7) is 4.07. The largest absolute Gasteiger partial charge is 0.481 e. The molecule has 21 heavy (non-hydrogen) atoms. The van der Waals surface area contributed by atoms with Crippen molar-refractivity contribution in [3.8, 4) is 0 Å². The van der Waals surface area contributed by atoms with Crippen molar-refractivity contribution in [2.45, 2.75) is 57.9 Å². The smallest absolute Gasteiger partial charge is 0.308 e. The van der Waals surface area contributed by atoms with Gasteiger partial charge in [0.2, 0.25) is 0 Å². The van der Waals surface area contributed by atoms with E-state index in [2.05, 4.69) is 10.3 Å². The van der Waals surface area contributed by atoms with E-state index in [9.17, 15) is 14.7 Å². The number of carboxylic acid groups (broad SMARTS) is 1. The molecule has 0 radical (unpaired) electrons. The summed E-state index contributed by atoms with van der Waals surface area (Å²) < 4.78 is 0. The van der Waals surface area contributed by atoms with Crippen molar-refractivity contribution < 1.29 is 14.7 Å². The third-order valence-corrected chi connectivity index (χ3v) is 5.04. The Morgan fingerprint density at radius 2 is 2.05 bits per heavy atom. The number of nitrogens with one attached hydrogen (secondary N) is 1. The molecule has 1 amide bonds. The number of hydrogen-bond donors (Lipinski definition) is 2. The molecule has 1 aromatic heterocycles. The highest BCUT2D eigenvalue weighted by Crippen LogP contribution is 2.25. The van der Waals surface area contributed by atoms with Crippen LogP contribution >= 0.6 is 11.3 Å². The van der Waals surface area contributed by atoms with Crippen molar-refractivity contribution in [1.29, 1.82) is 0 Å². The lowest BCUT2D eigenvalue weighted by molar-refractivity contribution is -0.142. The van der Waals surface area contributed by atoms with Crippen molar-refractivity contribution in [1.82, 2.24) is 10.3 Å². The number of nitrogens with zero attached hydrogens (tertiary/aromatic N) is 1. The number of aromatic nitrogens is 1. The first kappa shape index (κ1) is 15.9. The molecule has 0 aliphatic heterocycles. The number of carbonyl (C=O) groups excluding carboxylic acids is 1. The predicted octanol–water partition coefficient (Wildman–Crippen LogP) is 3.03. The Bertz CT molecular complexity index is 513. The normalized spacial score (nSPS) is 22.8. The molecule has 1 fully saturated rings. The topological polar surface area (TPSA) is 79.3 Å². The van der Waals surface area contributed by atoms with Gasteiger partial charge in [0.25, 0.3) is 5.91 Å². The van der Waals surface area contributed by atoms with Crippen molar-refractivity contribution in [2.75, 3.05) is 0 Å². The van der Waals surface area contributed by atoms with Crippen LogP contribution in [0.25, 0.3) is 0 Å². The number of aliphatic carboxylic acids is 1. The highest BCUT2D eigenvalue weighted by molar-refractivity contribution is 7.09. The monoisotopic (exact) mass is 310 g/mol. The Hall–Kier alpha value is -1.43. The number of thiazole rings is 1. The lowest BCUT2D eigenvalue weighted by Crippen LogP contribution is -2.43. The van der Waals surface area contributed by atoms with Gasteiger partial charge < -0.3 is 10.4 Å². The van der Waals surface area contributed by atoms with Crippen LogP contribution in [0.4, 0.5) is 0 Å². The molecule has 0 bridgehead atoms. The first-order valence-corrected chi connectivity index (χ1v) is 8.36. The third kappa shape index (κ3) is 4.03. The SMILES string of the molecule is CC(C)c1nc(C(=O)N[C@H]2CCCCC[C@H]2C(=O)O)cs1. The van der Waals surface area contributed by atoms with Crippen LogP contribution < -0.4 is 5.32 Å². The molecule has 2 rings (SSSR count). The van der Waals surface area contributed by atoms with Gasteiger partial charge in [-0.15, -0.1) is 11.3 Å². The Balaban J connectivity index is 2.06. The lowest BCUT2D eigenvalue weighted by atomic mass is 9.95. The van der Waals surface area contributed by atoms with Crippen molar-refractivity contribution in [3.63, 3.8) is 0 Å². The van der Waals surface area contributed by atoms with E-state index < -0.39 is 11.9 Å². The van der Waals surface area contributed by atoms with Crippen LogP contribution in [0.3, 0.4) is 0 Å². The Morgan fingerprint density at radius 3 is 2.67 bits per heavy atom. The second-order valence-electron chi connectivity index (χ2n) is 5.89. The molecule has 1 heterocycles. The zero-order chi connectivity index (χ0) is 15.4. The van der Waals surface area contributed by atoms with Crippen LogP contribution in [0.1, 0.15) is 67.4 Å². The van der Waals surface area contributed by atoms with Crippen molar-refractivity contribution in [2.24, 2.45) is 5.92 Å². The van der Waals surface area contributed by atoms with Gasteiger partial charge in [0.1, 0.15) is 5.69 Å². The van der Waals surface area contributed by atoms with Crippen LogP contribution in [-0.4, -0.2) is 28.0 Å². The minimum atomic E-state index is -0.816. The molecule has 2 atom stereocenters. The Morgan fingerprint density at radius 1 is 1.33 bits per heavy atom. The van der Waals surface area contributed by atoms with E-state index >= 15 is 0 Å². The summed E-state index contributed by atoms with van der Waals surface area (Å²) >= 11 is 1.47. The lowest BCUT2D eigenvalue weighted by Gasteiger charge is -2.22. The Kier molecular flexibility index (Phi) is 5.33. The third-order valence-electron chi connectivity index (χ3n) is 3.90.